The highest BCUT2D eigenvalue weighted by Crippen LogP contribution is 2.10. The van der Waals surface area contributed by atoms with Crippen LogP contribution in [0.2, 0.25) is 0 Å². The van der Waals surface area contributed by atoms with E-state index in [9.17, 15) is 4.79 Å². The Morgan fingerprint density at radius 2 is 1.91 bits per heavy atom. The Bertz CT molecular complexity index is 592. The average Bonchev–Trinajstić information content (AvgIpc) is 2.60. The van der Waals surface area contributed by atoms with Crippen LogP contribution in [0, 0.1) is 0 Å². The zero-order valence-electron chi connectivity index (χ0n) is 13.8. The zero-order valence-corrected chi connectivity index (χ0v) is 13.8. The highest BCUT2D eigenvalue weighted by atomic mass is 16.2. The summed E-state index contributed by atoms with van der Waals surface area (Å²) in [4.78, 5) is 22.8. The van der Waals surface area contributed by atoms with Crippen molar-refractivity contribution in [2.75, 3.05) is 18.4 Å². The van der Waals surface area contributed by atoms with Gasteiger partial charge >= 0.3 is 0 Å². The van der Waals surface area contributed by atoms with Gasteiger partial charge in [-0.05, 0) is 36.6 Å². The van der Waals surface area contributed by atoms with Gasteiger partial charge in [0.1, 0.15) is 5.82 Å². The van der Waals surface area contributed by atoms with E-state index >= 15 is 0 Å². The van der Waals surface area contributed by atoms with Crippen LogP contribution in [0.4, 0.5) is 5.82 Å². The molecule has 2 rings (SSSR count). The molecule has 0 radical (unpaired) electrons. The summed E-state index contributed by atoms with van der Waals surface area (Å²) in [5.74, 6) is 0.808. The van der Waals surface area contributed by atoms with Gasteiger partial charge in [-0.2, -0.15) is 0 Å². The minimum atomic E-state index is 0.0556. The SMILES string of the molecule is CCCN(CCC)C(=O)c1ccc(NCc2cccnc2)nc1. The Labute approximate surface area is 137 Å². The first-order valence-corrected chi connectivity index (χ1v) is 8.12. The molecule has 122 valence electrons. The predicted molar refractivity (Wildman–Crippen MR) is 92.3 cm³/mol. The normalized spacial score (nSPS) is 10.3. The van der Waals surface area contributed by atoms with Crippen LogP contribution in [0.15, 0.2) is 42.9 Å². The van der Waals surface area contributed by atoms with Crippen LogP contribution >= 0.6 is 0 Å². The standard InChI is InChI=1S/C18H24N4O/c1-3-10-22(11-4-2)18(23)16-7-8-17(21-14-16)20-13-15-6-5-9-19-12-15/h5-9,12,14H,3-4,10-11,13H2,1-2H3,(H,20,21). The Morgan fingerprint density at radius 3 is 2.48 bits per heavy atom. The van der Waals surface area contributed by atoms with Crippen LogP contribution in [-0.2, 0) is 6.54 Å². The first kappa shape index (κ1) is 16.9. The van der Waals surface area contributed by atoms with Gasteiger partial charge in [-0.25, -0.2) is 4.98 Å². The number of hydrogen-bond acceptors (Lipinski definition) is 4. The van der Waals surface area contributed by atoms with Crippen LogP contribution in [0.3, 0.4) is 0 Å². The van der Waals surface area contributed by atoms with E-state index < -0.39 is 0 Å². The van der Waals surface area contributed by atoms with Gasteiger partial charge in [0.2, 0.25) is 0 Å². The first-order chi connectivity index (χ1) is 11.2. The molecule has 0 fully saturated rings. The van der Waals surface area contributed by atoms with Crippen molar-refractivity contribution in [2.24, 2.45) is 0 Å². The molecule has 1 N–H and O–H groups in total. The molecule has 0 aliphatic rings. The lowest BCUT2D eigenvalue weighted by Crippen LogP contribution is -2.32. The van der Waals surface area contributed by atoms with E-state index in [0.717, 1.165) is 37.3 Å². The minimum Gasteiger partial charge on any atom is -0.366 e. The monoisotopic (exact) mass is 312 g/mol. The maximum Gasteiger partial charge on any atom is 0.255 e. The summed E-state index contributed by atoms with van der Waals surface area (Å²) in [6.07, 6.45) is 7.14. The van der Waals surface area contributed by atoms with Crippen molar-refractivity contribution in [1.82, 2.24) is 14.9 Å². The Kier molecular flexibility index (Phi) is 6.54. The number of amides is 1. The fourth-order valence-electron chi connectivity index (χ4n) is 2.36. The third-order valence-corrected chi connectivity index (χ3v) is 3.48. The van der Waals surface area contributed by atoms with Crippen LogP contribution in [0.1, 0.15) is 42.6 Å². The van der Waals surface area contributed by atoms with Crippen molar-refractivity contribution >= 4 is 11.7 Å². The first-order valence-electron chi connectivity index (χ1n) is 8.12. The van der Waals surface area contributed by atoms with Crippen molar-refractivity contribution in [1.29, 1.82) is 0 Å². The zero-order chi connectivity index (χ0) is 16.5. The molecule has 0 atom stereocenters. The lowest BCUT2D eigenvalue weighted by Gasteiger charge is -2.21. The molecule has 2 aromatic heterocycles. The molecule has 0 aliphatic heterocycles. The largest absolute Gasteiger partial charge is 0.366 e. The van der Waals surface area contributed by atoms with Crippen LogP contribution < -0.4 is 5.32 Å². The number of anilines is 1. The average molecular weight is 312 g/mol. The number of aromatic nitrogens is 2. The smallest absolute Gasteiger partial charge is 0.255 e. The van der Waals surface area contributed by atoms with Gasteiger partial charge in [0.15, 0.2) is 0 Å². The second-order valence-corrected chi connectivity index (χ2v) is 5.44. The van der Waals surface area contributed by atoms with E-state index in [-0.39, 0.29) is 5.91 Å². The molecular formula is C18H24N4O. The minimum absolute atomic E-state index is 0.0556. The lowest BCUT2D eigenvalue weighted by molar-refractivity contribution is 0.0755. The summed E-state index contributed by atoms with van der Waals surface area (Å²) in [7, 11) is 0. The fourth-order valence-corrected chi connectivity index (χ4v) is 2.36. The van der Waals surface area contributed by atoms with Gasteiger partial charge in [-0.3, -0.25) is 9.78 Å². The summed E-state index contributed by atoms with van der Waals surface area (Å²) in [5.41, 5.74) is 1.73. The fraction of sp³-hybridized carbons (Fsp3) is 0.389. The molecule has 2 aromatic rings. The molecule has 1 amide bonds. The van der Waals surface area contributed by atoms with Gasteiger partial charge < -0.3 is 10.2 Å². The Morgan fingerprint density at radius 1 is 1.13 bits per heavy atom. The topological polar surface area (TPSA) is 58.1 Å². The van der Waals surface area contributed by atoms with E-state index in [1.807, 2.05) is 35.4 Å². The number of carbonyl (C=O) groups is 1. The van der Waals surface area contributed by atoms with Crippen LogP contribution in [0.5, 0.6) is 0 Å². The lowest BCUT2D eigenvalue weighted by atomic mass is 10.2. The van der Waals surface area contributed by atoms with Crippen LogP contribution in [-0.4, -0.2) is 33.9 Å². The summed E-state index contributed by atoms with van der Waals surface area (Å²) in [6.45, 7) is 6.40. The summed E-state index contributed by atoms with van der Waals surface area (Å²) in [5, 5.41) is 3.23. The number of rotatable bonds is 8. The van der Waals surface area contributed by atoms with E-state index in [2.05, 4.69) is 29.1 Å². The molecule has 0 aromatic carbocycles. The number of nitrogens with zero attached hydrogens (tertiary/aromatic N) is 3. The number of hydrogen-bond donors (Lipinski definition) is 1. The van der Waals surface area contributed by atoms with Crippen molar-refractivity contribution in [3.05, 3.63) is 54.0 Å². The van der Waals surface area contributed by atoms with Crippen LogP contribution in [0.25, 0.3) is 0 Å². The molecule has 5 nitrogen and oxygen atoms in total. The van der Waals surface area contributed by atoms with E-state index in [0.29, 0.717) is 12.1 Å². The van der Waals surface area contributed by atoms with Crippen molar-refractivity contribution in [3.8, 4) is 0 Å². The van der Waals surface area contributed by atoms with E-state index in [4.69, 9.17) is 0 Å². The molecule has 0 aliphatic carbocycles. The maximum atomic E-state index is 12.5. The molecule has 23 heavy (non-hydrogen) atoms. The van der Waals surface area contributed by atoms with Crippen molar-refractivity contribution in [3.63, 3.8) is 0 Å². The molecule has 0 spiro atoms. The molecule has 2 heterocycles. The molecular weight excluding hydrogens is 288 g/mol. The third kappa shape index (κ3) is 5.06. The predicted octanol–water partition coefficient (Wildman–Crippen LogP) is 3.35. The quantitative estimate of drug-likeness (QED) is 0.812. The van der Waals surface area contributed by atoms with Crippen molar-refractivity contribution in [2.45, 2.75) is 33.2 Å². The summed E-state index contributed by atoms with van der Waals surface area (Å²) >= 11 is 0. The second kappa shape index (κ2) is 8.88. The molecule has 0 unspecified atom stereocenters. The van der Waals surface area contributed by atoms with Gasteiger partial charge in [-0.15, -0.1) is 0 Å². The summed E-state index contributed by atoms with van der Waals surface area (Å²) in [6, 6.07) is 7.59. The second-order valence-electron chi connectivity index (χ2n) is 5.44. The maximum absolute atomic E-state index is 12.5. The number of pyridine rings is 2. The van der Waals surface area contributed by atoms with E-state index in [1.165, 1.54) is 0 Å². The molecule has 0 saturated carbocycles. The number of carbonyl (C=O) groups excluding carboxylic acids is 1. The number of nitrogens with one attached hydrogen (secondary N) is 1. The summed E-state index contributed by atoms with van der Waals surface area (Å²) < 4.78 is 0. The van der Waals surface area contributed by atoms with Gasteiger partial charge in [0.25, 0.3) is 5.91 Å². The molecule has 5 heteroatoms. The van der Waals surface area contributed by atoms with Gasteiger partial charge in [-0.1, -0.05) is 19.9 Å². The molecule has 0 saturated heterocycles. The third-order valence-electron chi connectivity index (χ3n) is 3.48. The Balaban J connectivity index is 1.96. The highest BCUT2D eigenvalue weighted by Gasteiger charge is 2.14. The van der Waals surface area contributed by atoms with Gasteiger partial charge in [0.05, 0.1) is 5.56 Å². The van der Waals surface area contributed by atoms with E-state index in [1.54, 1.807) is 12.4 Å². The van der Waals surface area contributed by atoms with Gasteiger partial charge in [0, 0.05) is 38.2 Å². The Hall–Kier alpha value is -2.43. The highest BCUT2D eigenvalue weighted by molar-refractivity contribution is 5.94. The molecule has 0 bridgehead atoms. The van der Waals surface area contributed by atoms with Crippen molar-refractivity contribution < 1.29 is 4.79 Å².